The smallest absolute Gasteiger partial charge is 0.268 e. The zero-order valence-corrected chi connectivity index (χ0v) is 22.2. The van der Waals surface area contributed by atoms with E-state index >= 15 is 0 Å². The lowest BCUT2D eigenvalue weighted by atomic mass is 10.1. The number of hydrogen-bond acceptors (Lipinski definition) is 4. The minimum Gasteiger partial charge on any atom is -0.495 e. The second kappa shape index (κ2) is 11.8. The van der Waals surface area contributed by atoms with Crippen LogP contribution in [-0.4, -0.2) is 28.0 Å². The first kappa shape index (κ1) is 26.9. The molecule has 3 rings (SSSR count). The van der Waals surface area contributed by atoms with Crippen molar-refractivity contribution in [3.63, 3.8) is 0 Å². The van der Waals surface area contributed by atoms with Crippen molar-refractivity contribution in [1.82, 2.24) is 0 Å². The average Bonchev–Trinajstić information content (AvgIpc) is 2.84. The van der Waals surface area contributed by atoms with Gasteiger partial charge in [-0.2, -0.15) is 0 Å². The van der Waals surface area contributed by atoms with Crippen LogP contribution in [0.4, 0.5) is 11.4 Å². The fourth-order valence-electron chi connectivity index (χ4n) is 3.53. The summed E-state index contributed by atoms with van der Waals surface area (Å²) in [5.41, 5.74) is 2.69. The lowest BCUT2D eigenvalue weighted by molar-refractivity contribution is -0.114. The lowest BCUT2D eigenvalue weighted by Gasteiger charge is -2.25. The van der Waals surface area contributed by atoms with Gasteiger partial charge < -0.3 is 10.1 Å². The van der Waals surface area contributed by atoms with Gasteiger partial charge in [-0.15, -0.1) is 0 Å². The van der Waals surface area contributed by atoms with Crippen molar-refractivity contribution >= 4 is 50.5 Å². The first-order valence-corrected chi connectivity index (χ1v) is 13.4. The van der Waals surface area contributed by atoms with Gasteiger partial charge in [0.05, 0.1) is 22.8 Å². The van der Waals surface area contributed by atoms with Crippen molar-refractivity contribution in [2.45, 2.75) is 38.0 Å². The van der Waals surface area contributed by atoms with E-state index in [1.807, 2.05) is 24.3 Å². The molecule has 9 heteroatoms. The molecule has 0 unspecified atom stereocenters. The van der Waals surface area contributed by atoms with Crippen LogP contribution in [0.15, 0.2) is 65.6 Å². The zero-order chi connectivity index (χ0) is 25.6. The van der Waals surface area contributed by atoms with Gasteiger partial charge in [0.25, 0.3) is 10.0 Å². The van der Waals surface area contributed by atoms with Crippen molar-refractivity contribution in [3.8, 4) is 5.75 Å². The van der Waals surface area contributed by atoms with Crippen molar-refractivity contribution in [3.05, 3.63) is 81.8 Å². The maximum Gasteiger partial charge on any atom is 0.268 e. The summed E-state index contributed by atoms with van der Waals surface area (Å²) in [6.45, 7) is 3.43. The zero-order valence-electron chi connectivity index (χ0n) is 19.8. The molecule has 35 heavy (non-hydrogen) atoms. The van der Waals surface area contributed by atoms with Gasteiger partial charge in [0.2, 0.25) is 5.91 Å². The number of hydrogen-bond donors (Lipinski definition) is 1. The Morgan fingerprint density at radius 3 is 2.34 bits per heavy atom. The highest BCUT2D eigenvalue weighted by Crippen LogP contribution is 2.33. The van der Waals surface area contributed by atoms with Crippen molar-refractivity contribution in [1.29, 1.82) is 0 Å². The molecule has 1 amide bonds. The number of benzene rings is 3. The van der Waals surface area contributed by atoms with Gasteiger partial charge in [0.15, 0.2) is 0 Å². The summed E-state index contributed by atoms with van der Waals surface area (Å²) in [6.07, 6.45) is 3.15. The van der Waals surface area contributed by atoms with Crippen LogP contribution in [0.3, 0.4) is 0 Å². The number of amides is 1. The summed E-state index contributed by atoms with van der Waals surface area (Å²) in [5, 5.41) is 3.22. The predicted molar refractivity (Wildman–Crippen MR) is 142 cm³/mol. The van der Waals surface area contributed by atoms with Crippen molar-refractivity contribution in [2.24, 2.45) is 0 Å². The topological polar surface area (TPSA) is 75.7 Å². The molecular weight excluding hydrogens is 507 g/mol. The molecule has 3 aromatic carbocycles. The third-order valence-corrected chi connectivity index (χ3v) is 7.96. The van der Waals surface area contributed by atoms with E-state index in [0.717, 1.165) is 29.1 Å². The average molecular weight is 535 g/mol. The highest BCUT2D eigenvalue weighted by molar-refractivity contribution is 7.93. The monoisotopic (exact) mass is 534 g/mol. The van der Waals surface area contributed by atoms with E-state index in [2.05, 4.69) is 12.2 Å². The number of nitrogens with one attached hydrogen (secondary N) is 1. The Morgan fingerprint density at radius 2 is 1.71 bits per heavy atom. The van der Waals surface area contributed by atoms with Gasteiger partial charge in [-0.1, -0.05) is 54.7 Å². The number of nitrogens with zero attached hydrogens (tertiary/aromatic N) is 1. The number of methoxy groups -OCH3 is 1. The number of rotatable bonds is 10. The number of halogens is 2. The van der Waals surface area contributed by atoms with Crippen LogP contribution in [0.25, 0.3) is 0 Å². The normalized spacial score (nSPS) is 11.2. The first-order valence-electron chi connectivity index (χ1n) is 11.2. The summed E-state index contributed by atoms with van der Waals surface area (Å²) < 4.78 is 33.9. The van der Waals surface area contributed by atoms with Gasteiger partial charge in [0, 0.05) is 5.69 Å². The van der Waals surface area contributed by atoms with E-state index in [1.54, 1.807) is 19.1 Å². The van der Waals surface area contributed by atoms with Gasteiger partial charge in [-0.25, -0.2) is 8.42 Å². The minimum atomic E-state index is -4.21. The minimum absolute atomic E-state index is 0.0563. The Kier molecular flexibility index (Phi) is 9.05. The molecule has 0 radical (unpaired) electrons. The predicted octanol–water partition coefficient (Wildman–Crippen LogP) is 6.49. The molecule has 0 aliphatic carbocycles. The summed E-state index contributed by atoms with van der Waals surface area (Å²) in [5.74, 6) is -0.337. The maximum absolute atomic E-state index is 13.8. The van der Waals surface area contributed by atoms with Crippen LogP contribution >= 0.6 is 23.2 Å². The molecule has 0 spiro atoms. The van der Waals surface area contributed by atoms with Gasteiger partial charge in [-0.3, -0.25) is 9.10 Å². The number of unbranched alkanes of at least 4 members (excludes halogenated alkanes) is 1. The summed E-state index contributed by atoms with van der Waals surface area (Å²) in [7, 11) is -2.81. The SMILES string of the molecule is CCCCc1ccc(NC(=O)CN(c2ccc(Cl)c(Cl)c2)S(=O)(=O)c2cc(C)ccc2OC)cc1. The molecule has 0 aliphatic rings. The van der Waals surface area contributed by atoms with E-state index in [9.17, 15) is 13.2 Å². The molecule has 0 bridgehead atoms. The standard InChI is InChI=1S/C26H28Cl2N2O4S/c1-4-5-6-19-8-10-20(11-9-19)29-26(31)17-30(21-12-13-22(27)23(28)16-21)35(32,33)25-15-18(2)7-14-24(25)34-3/h7-16H,4-6,17H2,1-3H3,(H,29,31). The summed E-state index contributed by atoms with van der Waals surface area (Å²) in [4.78, 5) is 12.9. The second-order valence-corrected chi connectivity index (χ2v) is 10.8. The fourth-order valence-corrected chi connectivity index (χ4v) is 5.47. The van der Waals surface area contributed by atoms with E-state index in [0.29, 0.717) is 5.69 Å². The quantitative estimate of drug-likeness (QED) is 0.322. The Morgan fingerprint density at radius 1 is 1.00 bits per heavy atom. The molecule has 0 atom stereocenters. The van der Waals surface area contributed by atoms with Crippen LogP contribution in [0.5, 0.6) is 5.75 Å². The van der Waals surface area contributed by atoms with E-state index in [4.69, 9.17) is 27.9 Å². The summed E-state index contributed by atoms with van der Waals surface area (Å²) in [6, 6.07) is 16.8. The molecule has 0 saturated heterocycles. The molecule has 0 fully saturated rings. The number of carbonyl (C=O) groups excluding carboxylic acids is 1. The first-order chi connectivity index (χ1) is 16.6. The Bertz CT molecular complexity index is 1300. The van der Waals surface area contributed by atoms with Crippen molar-refractivity contribution < 1.29 is 17.9 Å². The van der Waals surface area contributed by atoms with E-state index in [-0.39, 0.29) is 26.4 Å². The highest BCUT2D eigenvalue weighted by Gasteiger charge is 2.30. The Balaban J connectivity index is 1.94. The molecule has 1 N–H and O–H groups in total. The number of ether oxygens (including phenoxy) is 1. The van der Waals surface area contributed by atoms with E-state index in [1.165, 1.54) is 36.9 Å². The van der Waals surface area contributed by atoms with Crippen molar-refractivity contribution in [2.75, 3.05) is 23.3 Å². The molecular formula is C26H28Cl2N2O4S. The molecule has 0 aliphatic heterocycles. The molecule has 0 aromatic heterocycles. The molecule has 0 saturated carbocycles. The van der Waals surface area contributed by atoms with E-state index < -0.39 is 22.5 Å². The number of aryl methyl sites for hydroxylation is 2. The van der Waals surface area contributed by atoms with Crippen LogP contribution in [-0.2, 0) is 21.2 Å². The van der Waals surface area contributed by atoms with Gasteiger partial charge in [0.1, 0.15) is 17.2 Å². The molecule has 6 nitrogen and oxygen atoms in total. The van der Waals surface area contributed by atoms with Crippen LogP contribution < -0.4 is 14.4 Å². The van der Waals surface area contributed by atoms with Crippen LogP contribution in [0.1, 0.15) is 30.9 Å². The maximum atomic E-state index is 13.8. The number of anilines is 2. The Labute approximate surface area is 216 Å². The second-order valence-electron chi connectivity index (χ2n) is 8.11. The van der Waals surface area contributed by atoms with Gasteiger partial charge in [-0.05, 0) is 73.4 Å². The third kappa shape index (κ3) is 6.69. The number of carbonyl (C=O) groups is 1. The summed E-state index contributed by atoms with van der Waals surface area (Å²) >= 11 is 12.2. The highest BCUT2D eigenvalue weighted by atomic mass is 35.5. The largest absolute Gasteiger partial charge is 0.495 e. The number of sulfonamides is 1. The fraction of sp³-hybridized carbons (Fsp3) is 0.269. The third-order valence-electron chi connectivity index (χ3n) is 5.42. The lowest BCUT2D eigenvalue weighted by Crippen LogP contribution is -2.38. The molecule has 0 heterocycles. The molecule has 3 aromatic rings. The van der Waals surface area contributed by atoms with Crippen LogP contribution in [0, 0.1) is 6.92 Å². The Hall–Kier alpha value is -2.74. The van der Waals surface area contributed by atoms with Gasteiger partial charge >= 0.3 is 0 Å². The molecule has 186 valence electrons. The van der Waals surface area contributed by atoms with Crippen LogP contribution in [0.2, 0.25) is 10.0 Å².